The van der Waals surface area contributed by atoms with E-state index >= 15 is 0 Å². The third-order valence-electron chi connectivity index (χ3n) is 4.11. The normalized spacial score (nSPS) is 10.6. The maximum absolute atomic E-state index is 12.4. The number of para-hydroxylation sites is 1. The van der Waals surface area contributed by atoms with Crippen LogP contribution in [0.4, 0.5) is 0 Å². The monoisotopic (exact) mass is 359 g/mol. The Kier molecular flexibility index (Phi) is 6.98. The third kappa shape index (κ3) is 5.05. The van der Waals surface area contributed by atoms with Gasteiger partial charge < -0.3 is 22.8 Å². The summed E-state index contributed by atoms with van der Waals surface area (Å²) in [5.41, 5.74) is 2.00. The van der Waals surface area contributed by atoms with Crippen LogP contribution in [0.1, 0.15) is 12.0 Å². The number of hydrogen-bond acceptors (Lipinski definition) is 3. The van der Waals surface area contributed by atoms with Crippen LogP contribution in [-0.4, -0.2) is 27.7 Å². The van der Waals surface area contributed by atoms with Crippen molar-refractivity contribution in [3.8, 4) is 5.75 Å². The first kappa shape index (κ1) is 19.0. The fourth-order valence-electron chi connectivity index (χ4n) is 2.75. The van der Waals surface area contributed by atoms with Gasteiger partial charge in [-0.05, 0) is 29.8 Å². The summed E-state index contributed by atoms with van der Waals surface area (Å²) in [4.78, 5) is 16.7. The van der Waals surface area contributed by atoms with E-state index in [1.165, 1.54) is 5.56 Å². The molecule has 0 radical (unpaired) electrons. The molecule has 1 aromatic heterocycles. The van der Waals surface area contributed by atoms with Crippen molar-refractivity contribution >= 4 is 10.9 Å². The number of aromatic hydroxyl groups is 1. The molecule has 6 heteroatoms. The summed E-state index contributed by atoms with van der Waals surface area (Å²) < 4.78 is 1.69. The van der Waals surface area contributed by atoms with Gasteiger partial charge in [0, 0.05) is 19.4 Å². The number of quaternary nitrogens is 1. The molecule has 0 bridgehead atoms. The molecule has 5 nitrogen and oxygen atoms in total. The summed E-state index contributed by atoms with van der Waals surface area (Å²) in [6.07, 6.45) is 3.54. The Balaban J connectivity index is 0.00000225. The molecule has 0 saturated heterocycles. The highest BCUT2D eigenvalue weighted by molar-refractivity contribution is 5.76. The average Bonchev–Trinajstić information content (AvgIpc) is 2.61. The molecule has 0 unspecified atom stereocenters. The van der Waals surface area contributed by atoms with Gasteiger partial charge in [-0.1, -0.05) is 24.3 Å². The van der Waals surface area contributed by atoms with E-state index in [1.54, 1.807) is 23.0 Å². The second-order valence-corrected chi connectivity index (χ2v) is 5.90. The maximum Gasteiger partial charge on any atom is 0.261 e. The predicted molar refractivity (Wildman–Crippen MR) is 94.1 cm³/mol. The Hall–Kier alpha value is -2.37. The van der Waals surface area contributed by atoms with Crippen molar-refractivity contribution in [2.75, 3.05) is 13.1 Å². The van der Waals surface area contributed by atoms with Crippen LogP contribution in [-0.2, 0) is 13.0 Å². The molecule has 0 atom stereocenters. The fraction of sp³-hybridized carbons (Fsp3) is 0.263. The van der Waals surface area contributed by atoms with Crippen LogP contribution >= 0.6 is 0 Å². The van der Waals surface area contributed by atoms with E-state index in [2.05, 4.69) is 10.3 Å². The van der Waals surface area contributed by atoms with Gasteiger partial charge in [-0.3, -0.25) is 9.36 Å². The number of rotatable bonds is 7. The van der Waals surface area contributed by atoms with Crippen molar-refractivity contribution in [3.05, 3.63) is 70.8 Å². The van der Waals surface area contributed by atoms with Crippen LogP contribution in [0.2, 0.25) is 0 Å². The average molecular weight is 360 g/mol. The number of fused-ring (bicyclic) bond motifs is 1. The lowest BCUT2D eigenvalue weighted by molar-refractivity contribution is -0.654. The standard InChI is InChI=1S/C19H21N3O2.ClH/c23-16-8-6-15(7-9-16)10-12-20-11-3-13-22-14-21-18-5-2-1-4-17(18)19(22)24;/h1-2,4-9,14,20,23H,3,10-13H2;1H. The zero-order valence-electron chi connectivity index (χ0n) is 13.9. The third-order valence-corrected chi connectivity index (χ3v) is 4.11. The number of aromatic nitrogens is 2. The van der Waals surface area contributed by atoms with Crippen LogP contribution in [0, 0.1) is 0 Å². The van der Waals surface area contributed by atoms with Crippen molar-refractivity contribution in [2.24, 2.45) is 0 Å². The molecule has 0 aliphatic rings. The minimum Gasteiger partial charge on any atom is -1.00 e. The molecule has 1 heterocycles. The predicted octanol–water partition coefficient (Wildman–Crippen LogP) is -1.70. The van der Waals surface area contributed by atoms with E-state index in [4.69, 9.17) is 0 Å². The lowest BCUT2D eigenvalue weighted by Gasteiger charge is -2.06. The van der Waals surface area contributed by atoms with E-state index in [1.807, 2.05) is 36.4 Å². The van der Waals surface area contributed by atoms with E-state index in [9.17, 15) is 9.90 Å². The van der Waals surface area contributed by atoms with Crippen molar-refractivity contribution < 1.29 is 22.8 Å². The van der Waals surface area contributed by atoms with Gasteiger partial charge in [0.25, 0.3) is 5.56 Å². The first-order chi connectivity index (χ1) is 11.7. The van der Waals surface area contributed by atoms with Gasteiger partial charge in [-0.15, -0.1) is 0 Å². The zero-order chi connectivity index (χ0) is 16.8. The van der Waals surface area contributed by atoms with E-state index in [-0.39, 0.29) is 18.0 Å². The molecule has 2 aromatic carbocycles. The molecule has 0 spiro atoms. The number of phenolic OH excluding ortho intramolecular Hbond substituents is 1. The van der Waals surface area contributed by atoms with Gasteiger partial charge in [-0.2, -0.15) is 0 Å². The molecule has 0 aliphatic carbocycles. The number of nitrogens with two attached hydrogens (primary N) is 1. The zero-order valence-corrected chi connectivity index (χ0v) is 14.7. The van der Waals surface area contributed by atoms with Crippen molar-refractivity contribution in [1.29, 1.82) is 0 Å². The second-order valence-electron chi connectivity index (χ2n) is 5.90. The Bertz CT molecular complexity index is 862. The summed E-state index contributed by atoms with van der Waals surface area (Å²) in [6.45, 7) is 2.65. The quantitative estimate of drug-likeness (QED) is 0.494. The minimum atomic E-state index is 0. The first-order valence-electron chi connectivity index (χ1n) is 8.28. The largest absolute Gasteiger partial charge is 1.00 e. The number of phenols is 1. The Morgan fingerprint density at radius 3 is 2.60 bits per heavy atom. The number of aryl methyl sites for hydroxylation is 1. The van der Waals surface area contributed by atoms with Crippen LogP contribution in [0.5, 0.6) is 5.75 Å². The van der Waals surface area contributed by atoms with Gasteiger partial charge in [-0.25, -0.2) is 4.98 Å². The van der Waals surface area contributed by atoms with Crippen molar-refractivity contribution in [2.45, 2.75) is 19.4 Å². The fourth-order valence-corrected chi connectivity index (χ4v) is 2.75. The molecule has 0 aliphatic heterocycles. The Morgan fingerprint density at radius 1 is 1.04 bits per heavy atom. The van der Waals surface area contributed by atoms with Crippen LogP contribution in [0.15, 0.2) is 59.7 Å². The minimum absolute atomic E-state index is 0. The highest BCUT2D eigenvalue weighted by Gasteiger charge is 2.03. The van der Waals surface area contributed by atoms with Crippen LogP contribution < -0.4 is 23.3 Å². The van der Waals surface area contributed by atoms with Gasteiger partial charge >= 0.3 is 0 Å². The molecule has 3 aromatic rings. The topological polar surface area (TPSA) is 71.7 Å². The molecule has 3 rings (SSSR count). The maximum atomic E-state index is 12.4. The van der Waals surface area contributed by atoms with E-state index in [0.717, 1.165) is 31.4 Å². The SMILES string of the molecule is O=c1c2ccccc2ncn1CCC[NH2+]CCc1ccc(O)cc1.[Cl-]. The number of halogens is 1. The molecule has 25 heavy (non-hydrogen) atoms. The van der Waals surface area contributed by atoms with Gasteiger partial charge in [0.2, 0.25) is 0 Å². The summed E-state index contributed by atoms with van der Waals surface area (Å²) in [6, 6.07) is 14.8. The number of benzene rings is 2. The van der Waals surface area contributed by atoms with Crippen molar-refractivity contribution in [3.63, 3.8) is 0 Å². The molecular weight excluding hydrogens is 338 g/mol. The van der Waals surface area contributed by atoms with E-state index in [0.29, 0.717) is 17.7 Å². The Morgan fingerprint density at radius 2 is 1.80 bits per heavy atom. The van der Waals surface area contributed by atoms with Gasteiger partial charge in [0.05, 0.1) is 30.3 Å². The van der Waals surface area contributed by atoms with E-state index < -0.39 is 0 Å². The van der Waals surface area contributed by atoms with Gasteiger partial charge in [0.15, 0.2) is 0 Å². The Labute approximate surface area is 152 Å². The highest BCUT2D eigenvalue weighted by Crippen LogP contribution is 2.09. The summed E-state index contributed by atoms with van der Waals surface area (Å²) in [5, 5.41) is 12.2. The van der Waals surface area contributed by atoms with Crippen molar-refractivity contribution in [1.82, 2.24) is 9.55 Å². The number of nitrogens with zero attached hydrogens (tertiary/aromatic N) is 2. The van der Waals surface area contributed by atoms with Crippen LogP contribution in [0.25, 0.3) is 10.9 Å². The molecule has 3 N–H and O–H groups in total. The molecule has 0 saturated carbocycles. The molecule has 132 valence electrons. The molecule has 0 fully saturated rings. The smallest absolute Gasteiger partial charge is 0.261 e. The summed E-state index contributed by atoms with van der Waals surface area (Å²) in [5.74, 6) is 0.303. The molecular formula is C19H22ClN3O2. The lowest BCUT2D eigenvalue weighted by atomic mass is 10.1. The van der Waals surface area contributed by atoms with Crippen LogP contribution in [0.3, 0.4) is 0 Å². The van der Waals surface area contributed by atoms with Gasteiger partial charge in [0.1, 0.15) is 5.75 Å². The number of hydrogen-bond donors (Lipinski definition) is 2. The second kappa shape index (κ2) is 9.20. The summed E-state index contributed by atoms with van der Waals surface area (Å²) in [7, 11) is 0. The first-order valence-corrected chi connectivity index (χ1v) is 8.28. The lowest BCUT2D eigenvalue weighted by Crippen LogP contribution is -3.00. The highest BCUT2D eigenvalue weighted by atomic mass is 35.5. The summed E-state index contributed by atoms with van der Waals surface area (Å²) >= 11 is 0. The molecule has 0 amide bonds.